The second-order valence-electron chi connectivity index (χ2n) is 5.07. The Hall–Kier alpha value is -0.770. The molecule has 4 heteroatoms. The van der Waals surface area contributed by atoms with Crippen molar-refractivity contribution in [3.63, 3.8) is 0 Å². The lowest BCUT2D eigenvalue weighted by atomic mass is 10.1. The van der Waals surface area contributed by atoms with E-state index in [-0.39, 0.29) is 5.54 Å². The van der Waals surface area contributed by atoms with Gasteiger partial charge in [-0.1, -0.05) is 13.8 Å². The molecule has 0 radical (unpaired) electrons. The van der Waals surface area contributed by atoms with Crippen LogP contribution in [0.5, 0.6) is 0 Å². The van der Waals surface area contributed by atoms with Crippen molar-refractivity contribution in [3.05, 3.63) is 0 Å². The fourth-order valence-electron chi connectivity index (χ4n) is 1.68. The van der Waals surface area contributed by atoms with Crippen LogP contribution in [0.4, 0.5) is 4.79 Å². The van der Waals surface area contributed by atoms with Crippen LogP contribution in [0.25, 0.3) is 0 Å². The Labute approximate surface area is 99.0 Å². The lowest BCUT2D eigenvalue weighted by molar-refractivity contribution is 0.100. The SMILES string of the molecule is CCC(CC)NCCN(C(=O)O)C(C)(C)C. The van der Waals surface area contributed by atoms with Crippen molar-refractivity contribution >= 4 is 6.09 Å². The number of nitrogens with zero attached hydrogens (tertiary/aromatic N) is 1. The van der Waals surface area contributed by atoms with E-state index >= 15 is 0 Å². The van der Waals surface area contributed by atoms with Crippen molar-refractivity contribution in [2.45, 2.75) is 59.0 Å². The normalized spacial score (nSPS) is 11.9. The molecule has 0 heterocycles. The molecule has 0 aromatic carbocycles. The van der Waals surface area contributed by atoms with E-state index in [1.807, 2.05) is 20.8 Å². The Bertz CT molecular complexity index is 208. The van der Waals surface area contributed by atoms with Gasteiger partial charge in [-0.25, -0.2) is 4.79 Å². The second-order valence-corrected chi connectivity index (χ2v) is 5.07. The maximum absolute atomic E-state index is 11.1. The van der Waals surface area contributed by atoms with E-state index in [0.29, 0.717) is 12.6 Å². The minimum absolute atomic E-state index is 0.332. The fourth-order valence-corrected chi connectivity index (χ4v) is 1.68. The van der Waals surface area contributed by atoms with Gasteiger partial charge in [0.2, 0.25) is 0 Å². The van der Waals surface area contributed by atoms with Crippen LogP contribution in [-0.4, -0.2) is 40.8 Å². The second kappa shape index (κ2) is 6.74. The van der Waals surface area contributed by atoms with E-state index in [9.17, 15) is 4.79 Å². The van der Waals surface area contributed by atoms with Crippen molar-refractivity contribution in [2.24, 2.45) is 0 Å². The summed E-state index contributed by atoms with van der Waals surface area (Å²) in [5.74, 6) is 0. The highest BCUT2D eigenvalue weighted by atomic mass is 16.4. The fraction of sp³-hybridized carbons (Fsp3) is 0.917. The summed E-state index contributed by atoms with van der Waals surface area (Å²) in [6, 6.07) is 0.496. The van der Waals surface area contributed by atoms with Crippen LogP contribution in [0.2, 0.25) is 0 Å². The van der Waals surface area contributed by atoms with Gasteiger partial charge in [0.1, 0.15) is 0 Å². The van der Waals surface area contributed by atoms with Gasteiger partial charge in [0.15, 0.2) is 0 Å². The Morgan fingerprint density at radius 1 is 1.31 bits per heavy atom. The van der Waals surface area contributed by atoms with E-state index in [1.165, 1.54) is 4.90 Å². The van der Waals surface area contributed by atoms with Gasteiger partial charge in [-0.2, -0.15) is 0 Å². The molecule has 4 nitrogen and oxygen atoms in total. The summed E-state index contributed by atoms with van der Waals surface area (Å²) in [5.41, 5.74) is -0.332. The highest BCUT2D eigenvalue weighted by Crippen LogP contribution is 2.12. The molecule has 16 heavy (non-hydrogen) atoms. The first-order chi connectivity index (χ1) is 7.32. The highest BCUT2D eigenvalue weighted by Gasteiger charge is 2.25. The van der Waals surface area contributed by atoms with E-state index in [2.05, 4.69) is 19.2 Å². The zero-order valence-corrected chi connectivity index (χ0v) is 11.2. The number of hydrogen-bond acceptors (Lipinski definition) is 2. The molecule has 2 N–H and O–H groups in total. The summed E-state index contributed by atoms with van der Waals surface area (Å²) in [5, 5.41) is 12.5. The molecule has 96 valence electrons. The number of hydrogen-bond donors (Lipinski definition) is 2. The summed E-state index contributed by atoms with van der Waals surface area (Å²) in [7, 11) is 0. The maximum Gasteiger partial charge on any atom is 0.407 e. The molecule has 0 unspecified atom stereocenters. The van der Waals surface area contributed by atoms with Gasteiger partial charge >= 0.3 is 6.09 Å². The van der Waals surface area contributed by atoms with Crippen LogP contribution in [-0.2, 0) is 0 Å². The smallest absolute Gasteiger partial charge is 0.407 e. The average Bonchev–Trinajstić information content (AvgIpc) is 2.15. The molecule has 0 rings (SSSR count). The van der Waals surface area contributed by atoms with E-state index in [4.69, 9.17) is 5.11 Å². The van der Waals surface area contributed by atoms with Crippen LogP contribution in [0.15, 0.2) is 0 Å². The number of carboxylic acid groups (broad SMARTS) is 1. The third-order valence-electron chi connectivity index (χ3n) is 2.79. The predicted molar refractivity (Wildman–Crippen MR) is 66.9 cm³/mol. The molecule has 1 amide bonds. The van der Waals surface area contributed by atoms with Crippen LogP contribution in [0.1, 0.15) is 47.5 Å². The van der Waals surface area contributed by atoms with E-state index < -0.39 is 6.09 Å². The van der Waals surface area contributed by atoms with Gasteiger partial charge in [0.25, 0.3) is 0 Å². The lowest BCUT2D eigenvalue weighted by Crippen LogP contribution is -2.48. The third-order valence-corrected chi connectivity index (χ3v) is 2.79. The summed E-state index contributed by atoms with van der Waals surface area (Å²) >= 11 is 0. The van der Waals surface area contributed by atoms with Gasteiger partial charge < -0.3 is 15.3 Å². The summed E-state index contributed by atoms with van der Waals surface area (Å²) in [6.45, 7) is 11.3. The van der Waals surface area contributed by atoms with Crippen LogP contribution in [0, 0.1) is 0 Å². The summed E-state index contributed by atoms with van der Waals surface area (Å²) in [6.07, 6.45) is 1.32. The lowest BCUT2D eigenvalue weighted by Gasteiger charge is -2.33. The third kappa shape index (κ3) is 5.35. The van der Waals surface area contributed by atoms with E-state index in [0.717, 1.165) is 19.4 Å². The molecule has 0 aliphatic carbocycles. The van der Waals surface area contributed by atoms with Crippen LogP contribution >= 0.6 is 0 Å². The van der Waals surface area contributed by atoms with Crippen molar-refractivity contribution < 1.29 is 9.90 Å². The van der Waals surface area contributed by atoms with Crippen molar-refractivity contribution in [1.29, 1.82) is 0 Å². The highest BCUT2D eigenvalue weighted by molar-refractivity contribution is 5.65. The number of carbonyl (C=O) groups is 1. The molecular weight excluding hydrogens is 204 g/mol. The molecule has 0 aliphatic rings. The van der Waals surface area contributed by atoms with Gasteiger partial charge in [0, 0.05) is 24.7 Å². The predicted octanol–water partition coefficient (Wildman–Crippen LogP) is 2.54. The summed E-state index contributed by atoms with van der Waals surface area (Å²) < 4.78 is 0. The Morgan fingerprint density at radius 2 is 1.81 bits per heavy atom. The van der Waals surface area contributed by atoms with Gasteiger partial charge in [0.05, 0.1) is 0 Å². The van der Waals surface area contributed by atoms with Gasteiger partial charge in [-0.3, -0.25) is 0 Å². The van der Waals surface area contributed by atoms with Crippen molar-refractivity contribution in [1.82, 2.24) is 10.2 Å². The van der Waals surface area contributed by atoms with Crippen molar-refractivity contribution in [3.8, 4) is 0 Å². The maximum atomic E-state index is 11.1. The number of amides is 1. The minimum atomic E-state index is -0.848. The molecular formula is C12H26N2O2. The molecule has 0 fully saturated rings. The molecule has 0 aromatic rings. The molecule has 0 atom stereocenters. The molecule has 0 saturated heterocycles. The quantitative estimate of drug-likeness (QED) is 0.737. The monoisotopic (exact) mass is 230 g/mol. The Balaban J connectivity index is 4.09. The Kier molecular flexibility index (Phi) is 6.41. The first-order valence-electron chi connectivity index (χ1n) is 6.06. The Morgan fingerprint density at radius 3 is 2.12 bits per heavy atom. The van der Waals surface area contributed by atoms with Crippen LogP contribution < -0.4 is 5.32 Å². The van der Waals surface area contributed by atoms with Gasteiger partial charge in [-0.05, 0) is 33.6 Å². The molecule has 0 bridgehead atoms. The summed E-state index contributed by atoms with van der Waals surface area (Å²) in [4.78, 5) is 12.5. The minimum Gasteiger partial charge on any atom is -0.465 e. The topological polar surface area (TPSA) is 52.6 Å². The molecule has 0 aromatic heterocycles. The zero-order valence-electron chi connectivity index (χ0n) is 11.2. The van der Waals surface area contributed by atoms with Crippen molar-refractivity contribution in [2.75, 3.05) is 13.1 Å². The van der Waals surface area contributed by atoms with Crippen LogP contribution in [0.3, 0.4) is 0 Å². The standard InChI is InChI=1S/C12H26N2O2/c1-6-10(7-2)13-8-9-14(11(15)16)12(3,4)5/h10,13H,6-9H2,1-5H3,(H,15,16). The first kappa shape index (κ1) is 15.2. The van der Waals surface area contributed by atoms with E-state index in [1.54, 1.807) is 0 Å². The number of nitrogens with one attached hydrogen (secondary N) is 1. The average molecular weight is 230 g/mol. The largest absolute Gasteiger partial charge is 0.465 e. The number of rotatable bonds is 6. The molecule has 0 aliphatic heterocycles. The zero-order chi connectivity index (χ0) is 12.8. The molecule has 0 saturated carbocycles. The molecule has 0 spiro atoms. The first-order valence-corrected chi connectivity index (χ1v) is 6.06. The van der Waals surface area contributed by atoms with Gasteiger partial charge in [-0.15, -0.1) is 0 Å².